The maximum Gasteiger partial charge on any atom is 0.335 e. The number of methoxy groups -OCH3 is 1. The zero-order valence-electron chi connectivity index (χ0n) is 19.5. The summed E-state index contributed by atoms with van der Waals surface area (Å²) in [6, 6.07) is 17.4. The molecule has 184 valence electrons. The van der Waals surface area contributed by atoms with E-state index in [0.29, 0.717) is 33.8 Å². The molecular weight excluding hydrogens is 592 g/mol. The van der Waals surface area contributed by atoms with E-state index < -0.39 is 17.8 Å². The molecule has 0 spiro atoms. The number of carbonyl (C=O) groups excluding carboxylic acids is 3. The molecule has 0 atom stereocenters. The molecule has 4 rings (SSSR count). The second-order valence-corrected chi connectivity index (χ2v) is 9.70. The maximum absolute atomic E-state index is 13.2. The lowest BCUT2D eigenvalue weighted by atomic mass is 10.1. The number of urea groups is 1. The number of carbonyl (C=O) groups is 3. The summed E-state index contributed by atoms with van der Waals surface area (Å²) < 4.78 is 13.0. The molecular formula is C27H22Br2N2O5. The molecule has 3 aromatic rings. The van der Waals surface area contributed by atoms with Gasteiger partial charge in [-0.25, -0.2) is 9.69 Å². The van der Waals surface area contributed by atoms with Crippen molar-refractivity contribution in [3.05, 3.63) is 91.9 Å². The molecule has 1 heterocycles. The summed E-state index contributed by atoms with van der Waals surface area (Å²) in [6.07, 6.45) is 2.24. The average Bonchev–Trinajstić information content (AvgIpc) is 2.87. The van der Waals surface area contributed by atoms with Gasteiger partial charge < -0.3 is 9.47 Å². The van der Waals surface area contributed by atoms with E-state index in [-0.39, 0.29) is 5.57 Å². The van der Waals surface area contributed by atoms with Gasteiger partial charge in [0.15, 0.2) is 11.5 Å². The van der Waals surface area contributed by atoms with Crippen LogP contribution in [0.15, 0.2) is 75.2 Å². The first kappa shape index (κ1) is 25.7. The number of hydrogen-bond donors (Lipinski definition) is 1. The smallest absolute Gasteiger partial charge is 0.335 e. The molecule has 0 aliphatic carbocycles. The molecule has 0 saturated carbocycles. The first-order valence-corrected chi connectivity index (χ1v) is 12.6. The number of nitrogens with one attached hydrogen (secondary N) is 1. The van der Waals surface area contributed by atoms with E-state index in [1.807, 2.05) is 43.3 Å². The number of rotatable bonds is 7. The fraction of sp³-hybridized carbons (Fsp3) is 0.148. The highest BCUT2D eigenvalue weighted by atomic mass is 79.9. The predicted molar refractivity (Wildman–Crippen MR) is 144 cm³/mol. The third kappa shape index (κ3) is 5.52. The molecule has 7 nitrogen and oxygen atoms in total. The highest BCUT2D eigenvalue weighted by molar-refractivity contribution is 9.10. The predicted octanol–water partition coefficient (Wildman–Crippen LogP) is 6.03. The van der Waals surface area contributed by atoms with Crippen LogP contribution in [0.3, 0.4) is 0 Å². The van der Waals surface area contributed by atoms with Crippen LogP contribution in [0.1, 0.15) is 23.6 Å². The van der Waals surface area contributed by atoms with E-state index in [1.165, 1.54) is 13.2 Å². The lowest BCUT2D eigenvalue weighted by Gasteiger charge is -2.26. The second-order valence-electron chi connectivity index (χ2n) is 7.93. The Morgan fingerprint density at radius 1 is 0.944 bits per heavy atom. The Labute approximate surface area is 225 Å². The van der Waals surface area contributed by atoms with Gasteiger partial charge in [0.2, 0.25) is 0 Å². The van der Waals surface area contributed by atoms with Crippen LogP contribution in [0.2, 0.25) is 0 Å². The monoisotopic (exact) mass is 612 g/mol. The van der Waals surface area contributed by atoms with Gasteiger partial charge in [-0.05, 0) is 81.5 Å². The van der Waals surface area contributed by atoms with Gasteiger partial charge in [-0.15, -0.1) is 0 Å². The van der Waals surface area contributed by atoms with Crippen LogP contribution in [0, 0.1) is 0 Å². The number of hydrogen-bond acceptors (Lipinski definition) is 5. The SMILES string of the molecule is CCc1ccc(N2C(=O)NC(=O)/C(=C/c3cc(Br)c(OCc4ccc(Br)cc4)c(OC)c3)C2=O)cc1. The van der Waals surface area contributed by atoms with Gasteiger partial charge in [-0.1, -0.05) is 47.1 Å². The van der Waals surface area contributed by atoms with Crippen molar-refractivity contribution in [1.82, 2.24) is 5.32 Å². The summed E-state index contributed by atoms with van der Waals surface area (Å²) >= 11 is 6.91. The summed E-state index contributed by atoms with van der Waals surface area (Å²) in [5.74, 6) is -0.578. The van der Waals surface area contributed by atoms with Crippen molar-refractivity contribution in [2.45, 2.75) is 20.0 Å². The minimum atomic E-state index is -0.790. The Balaban J connectivity index is 1.62. The molecule has 1 saturated heterocycles. The Morgan fingerprint density at radius 2 is 1.61 bits per heavy atom. The molecule has 36 heavy (non-hydrogen) atoms. The molecule has 0 unspecified atom stereocenters. The van der Waals surface area contributed by atoms with Crippen molar-refractivity contribution in [3.63, 3.8) is 0 Å². The molecule has 3 aromatic carbocycles. The number of ether oxygens (including phenoxy) is 2. The summed E-state index contributed by atoms with van der Waals surface area (Å²) in [6.45, 7) is 2.33. The third-order valence-corrected chi connectivity index (χ3v) is 6.68. The molecule has 1 N–H and O–H groups in total. The maximum atomic E-state index is 13.2. The van der Waals surface area contributed by atoms with Crippen LogP contribution in [0.25, 0.3) is 6.08 Å². The van der Waals surface area contributed by atoms with Crippen molar-refractivity contribution < 1.29 is 23.9 Å². The van der Waals surface area contributed by atoms with E-state index in [4.69, 9.17) is 9.47 Å². The van der Waals surface area contributed by atoms with Crippen LogP contribution < -0.4 is 19.7 Å². The van der Waals surface area contributed by atoms with Gasteiger partial charge in [0, 0.05) is 4.47 Å². The zero-order valence-corrected chi connectivity index (χ0v) is 22.7. The Kier molecular flexibility index (Phi) is 7.91. The second kappa shape index (κ2) is 11.1. The van der Waals surface area contributed by atoms with Gasteiger partial charge in [0.05, 0.1) is 17.3 Å². The van der Waals surface area contributed by atoms with E-state index in [2.05, 4.69) is 37.2 Å². The van der Waals surface area contributed by atoms with Crippen LogP contribution in [-0.2, 0) is 22.6 Å². The molecule has 0 radical (unpaired) electrons. The van der Waals surface area contributed by atoms with Crippen molar-refractivity contribution >= 4 is 61.5 Å². The van der Waals surface area contributed by atoms with E-state index in [9.17, 15) is 14.4 Å². The Hall–Kier alpha value is -3.43. The number of anilines is 1. The van der Waals surface area contributed by atoms with Gasteiger partial charge in [0.25, 0.3) is 11.8 Å². The Bertz CT molecular complexity index is 1350. The number of aryl methyl sites for hydroxylation is 1. The van der Waals surface area contributed by atoms with Gasteiger partial charge in [0.1, 0.15) is 12.2 Å². The number of amides is 4. The van der Waals surface area contributed by atoms with Gasteiger partial charge in [-0.2, -0.15) is 0 Å². The lowest BCUT2D eigenvalue weighted by molar-refractivity contribution is -0.122. The van der Waals surface area contributed by atoms with Gasteiger partial charge >= 0.3 is 6.03 Å². The minimum Gasteiger partial charge on any atom is -0.493 e. The lowest BCUT2D eigenvalue weighted by Crippen LogP contribution is -2.54. The number of benzene rings is 3. The number of imide groups is 2. The highest BCUT2D eigenvalue weighted by Crippen LogP contribution is 2.38. The summed E-state index contributed by atoms with van der Waals surface area (Å²) in [5, 5.41) is 2.24. The third-order valence-electron chi connectivity index (χ3n) is 5.56. The fourth-order valence-electron chi connectivity index (χ4n) is 3.64. The minimum absolute atomic E-state index is 0.174. The number of halogens is 2. The van der Waals surface area contributed by atoms with Crippen LogP contribution in [-0.4, -0.2) is 25.0 Å². The summed E-state index contributed by atoms with van der Waals surface area (Å²) in [4.78, 5) is 39.2. The molecule has 4 amide bonds. The zero-order chi connectivity index (χ0) is 25.8. The molecule has 1 fully saturated rings. The largest absolute Gasteiger partial charge is 0.493 e. The Morgan fingerprint density at radius 3 is 2.25 bits per heavy atom. The normalized spacial score (nSPS) is 14.7. The molecule has 1 aliphatic rings. The topological polar surface area (TPSA) is 84.9 Å². The van der Waals surface area contributed by atoms with Crippen molar-refractivity contribution in [1.29, 1.82) is 0 Å². The van der Waals surface area contributed by atoms with E-state index in [1.54, 1.807) is 24.3 Å². The van der Waals surface area contributed by atoms with Crippen LogP contribution in [0.5, 0.6) is 11.5 Å². The van der Waals surface area contributed by atoms with Crippen molar-refractivity contribution in [2.75, 3.05) is 12.0 Å². The highest BCUT2D eigenvalue weighted by Gasteiger charge is 2.36. The quantitative estimate of drug-likeness (QED) is 0.260. The fourth-order valence-corrected chi connectivity index (χ4v) is 4.48. The number of barbiturate groups is 1. The molecule has 9 heteroatoms. The summed E-state index contributed by atoms with van der Waals surface area (Å²) in [5.41, 5.74) is 2.76. The molecule has 1 aliphatic heterocycles. The van der Waals surface area contributed by atoms with Crippen LogP contribution in [0.4, 0.5) is 10.5 Å². The van der Waals surface area contributed by atoms with Crippen LogP contribution >= 0.6 is 31.9 Å². The van der Waals surface area contributed by atoms with E-state index >= 15 is 0 Å². The standard InChI is InChI=1S/C27H22Br2N2O5/c1-3-16-6-10-20(11-7-16)31-26(33)21(25(32)30-27(31)34)12-18-13-22(29)24(23(14-18)35-2)36-15-17-4-8-19(28)9-5-17/h4-14H,3,15H2,1-2H3,(H,30,32,34)/b21-12-. The average molecular weight is 614 g/mol. The van der Waals surface area contributed by atoms with Crippen molar-refractivity contribution in [3.8, 4) is 11.5 Å². The first-order chi connectivity index (χ1) is 17.3. The first-order valence-electron chi connectivity index (χ1n) is 11.1. The number of nitrogens with zero attached hydrogens (tertiary/aromatic N) is 1. The van der Waals surface area contributed by atoms with Gasteiger partial charge in [-0.3, -0.25) is 14.9 Å². The molecule has 0 aromatic heterocycles. The molecule has 0 bridgehead atoms. The summed E-state index contributed by atoms with van der Waals surface area (Å²) in [7, 11) is 1.50. The van der Waals surface area contributed by atoms with Crippen molar-refractivity contribution in [2.24, 2.45) is 0 Å². The van der Waals surface area contributed by atoms with E-state index in [0.717, 1.165) is 26.9 Å².